The summed E-state index contributed by atoms with van der Waals surface area (Å²) < 4.78 is 6.95. The van der Waals surface area contributed by atoms with Crippen LogP contribution in [0, 0.1) is 5.41 Å². The van der Waals surface area contributed by atoms with Gasteiger partial charge in [0.05, 0.1) is 12.8 Å². The highest BCUT2D eigenvalue weighted by atomic mass is 79.9. The Morgan fingerprint density at radius 3 is 2.39 bits per heavy atom. The van der Waals surface area contributed by atoms with E-state index in [0.29, 0.717) is 12.7 Å². The lowest BCUT2D eigenvalue weighted by molar-refractivity contribution is 0.256. The molecule has 1 heterocycles. The van der Waals surface area contributed by atoms with Gasteiger partial charge in [0, 0.05) is 8.95 Å². The number of amides is 2. The van der Waals surface area contributed by atoms with E-state index in [0.717, 1.165) is 20.7 Å². The molecular formula is C12H14Br2N6O3. The number of nitrogens with zero attached hydrogens (tertiary/aromatic N) is 3. The smallest absolute Gasteiger partial charge is 0.314 e. The number of methoxy groups -OCH3 is 1. The molecule has 0 atom stereocenters. The van der Waals surface area contributed by atoms with Gasteiger partial charge in [-0.2, -0.15) is 4.99 Å². The first-order valence-corrected chi connectivity index (χ1v) is 7.37. The Hall–Kier alpha value is -2.23. The Bertz CT molecular complexity index is 625. The van der Waals surface area contributed by atoms with Crippen molar-refractivity contribution in [2.45, 2.75) is 0 Å². The molecule has 1 aliphatic heterocycles. The maximum atomic E-state index is 9.00. The fourth-order valence-corrected chi connectivity index (χ4v) is 2.58. The maximum Gasteiger partial charge on any atom is 0.314 e. The van der Waals surface area contributed by atoms with Crippen LogP contribution in [0.25, 0.3) is 0 Å². The summed E-state index contributed by atoms with van der Waals surface area (Å²) in [5, 5.41) is 5.40. The van der Waals surface area contributed by atoms with Crippen LogP contribution in [0.5, 0.6) is 0 Å². The van der Waals surface area contributed by atoms with E-state index < -0.39 is 6.03 Å². The number of hydrogen-bond donors (Lipinski definition) is 3. The van der Waals surface area contributed by atoms with Crippen molar-refractivity contribution in [3.05, 3.63) is 27.1 Å². The van der Waals surface area contributed by atoms with Crippen molar-refractivity contribution in [2.24, 2.45) is 21.5 Å². The molecule has 0 bridgehead atoms. The third-order valence-corrected chi connectivity index (χ3v) is 3.20. The summed E-state index contributed by atoms with van der Waals surface area (Å²) in [6, 6.07) is 5.53. The standard InChI is InChI=1S/C10H9Br2N3O.CH4N2O.CHNO/c1-16-10-13-5-15(6-14-10)9-3-2-7(11)4-8(9)12;2-1(3)4;2-1-3/h2-5H,6H2,1H3;(H4,2,3,4);2H. The van der Waals surface area contributed by atoms with Gasteiger partial charge in [-0.25, -0.2) is 20.0 Å². The monoisotopic (exact) mass is 448 g/mol. The lowest BCUT2D eigenvalue weighted by Crippen LogP contribution is -2.27. The predicted octanol–water partition coefficient (Wildman–Crippen LogP) is 1.94. The Morgan fingerprint density at radius 2 is 2.00 bits per heavy atom. The lowest BCUT2D eigenvalue weighted by atomic mass is 10.3. The number of carbonyl (C=O) groups excluding carboxylic acids is 2. The van der Waals surface area contributed by atoms with Crippen LogP contribution in [0.2, 0.25) is 0 Å². The van der Waals surface area contributed by atoms with Gasteiger partial charge >= 0.3 is 12.1 Å². The van der Waals surface area contributed by atoms with Gasteiger partial charge in [0.25, 0.3) is 0 Å². The third-order valence-electron chi connectivity index (χ3n) is 2.07. The molecule has 0 spiro atoms. The number of hydrogen-bond acceptors (Lipinski definition) is 7. The number of halogens is 2. The van der Waals surface area contributed by atoms with Crippen LogP contribution in [0.3, 0.4) is 0 Å². The van der Waals surface area contributed by atoms with E-state index in [2.05, 4.69) is 53.3 Å². The van der Waals surface area contributed by atoms with E-state index in [-0.39, 0.29) is 0 Å². The van der Waals surface area contributed by atoms with E-state index in [9.17, 15) is 0 Å². The first kappa shape index (κ1) is 20.8. The molecule has 124 valence electrons. The van der Waals surface area contributed by atoms with E-state index in [1.165, 1.54) is 0 Å². The number of primary amides is 2. The Kier molecular flexibility index (Phi) is 10.3. The Balaban J connectivity index is 0.000000591. The summed E-state index contributed by atoms with van der Waals surface area (Å²) in [5.74, 6) is 0. The number of ether oxygens (including phenoxy) is 1. The number of nitrogens with one attached hydrogen (secondary N) is 1. The van der Waals surface area contributed by atoms with E-state index in [1.807, 2.05) is 23.1 Å². The molecule has 1 aromatic rings. The second-order valence-electron chi connectivity index (χ2n) is 3.60. The van der Waals surface area contributed by atoms with Crippen molar-refractivity contribution in [2.75, 3.05) is 18.7 Å². The van der Waals surface area contributed by atoms with Crippen molar-refractivity contribution < 1.29 is 14.3 Å². The van der Waals surface area contributed by atoms with Crippen molar-refractivity contribution in [1.82, 2.24) is 0 Å². The van der Waals surface area contributed by atoms with Gasteiger partial charge in [-0.3, -0.25) is 0 Å². The summed E-state index contributed by atoms with van der Waals surface area (Å²) in [6.07, 6.45) is 2.46. The maximum absolute atomic E-state index is 9.00. The molecule has 5 N–H and O–H groups in total. The van der Waals surface area contributed by atoms with Crippen LogP contribution in [0.1, 0.15) is 0 Å². The number of isocyanates is 1. The number of urea groups is 1. The van der Waals surface area contributed by atoms with Crippen LogP contribution in [0.4, 0.5) is 10.5 Å². The van der Waals surface area contributed by atoms with Gasteiger partial charge in [-0.1, -0.05) is 15.9 Å². The van der Waals surface area contributed by atoms with Gasteiger partial charge < -0.3 is 21.1 Å². The fourth-order valence-electron chi connectivity index (χ4n) is 1.30. The SMILES string of the molecule is COC1=NCN(c2ccc(Br)cc2Br)C=N1.N=C=O.NC(N)=O. The van der Waals surface area contributed by atoms with Crippen LogP contribution in [0.15, 0.2) is 37.1 Å². The van der Waals surface area contributed by atoms with Crippen molar-refractivity contribution in [3.8, 4) is 0 Å². The molecule has 0 saturated carbocycles. The minimum absolute atomic E-state index is 0.407. The summed E-state index contributed by atoms with van der Waals surface area (Å²) in [7, 11) is 1.56. The number of carbonyl (C=O) groups is 1. The molecule has 1 aliphatic rings. The number of benzene rings is 1. The average molecular weight is 450 g/mol. The molecular weight excluding hydrogens is 436 g/mol. The van der Waals surface area contributed by atoms with Crippen LogP contribution >= 0.6 is 31.9 Å². The molecule has 0 saturated heterocycles. The molecule has 0 aliphatic carbocycles. The van der Waals surface area contributed by atoms with E-state index >= 15 is 0 Å². The first-order valence-electron chi connectivity index (χ1n) is 5.78. The zero-order valence-electron chi connectivity index (χ0n) is 12.0. The molecule has 2 amide bonds. The minimum atomic E-state index is -0.833. The van der Waals surface area contributed by atoms with Crippen LogP contribution < -0.4 is 16.4 Å². The summed E-state index contributed by atoms with van der Waals surface area (Å²) in [4.78, 5) is 27.5. The summed E-state index contributed by atoms with van der Waals surface area (Å²) >= 11 is 6.91. The molecule has 1 aromatic carbocycles. The minimum Gasteiger partial charge on any atom is -0.467 e. The molecule has 0 radical (unpaired) electrons. The molecule has 2 rings (SSSR count). The number of nitrogens with two attached hydrogens (primary N) is 2. The van der Waals surface area contributed by atoms with Gasteiger partial charge in [-0.05, 0) is 34.1 Å². The quantitative estimate of drug-likeness (QED) is 0.443. The van der Waals surface area contributed by atoms with Crippen molar-refractivity contribution in [1.29, 1.82) is 5.41 Å². The second-order valence-corrected chi connectivity index (χ2v) is 5.37. The third kappa shape index (κ3) is 8.71. The molecule has 11 heteroatoms. The van der Waals surface area contributed by atoms with E-state index in [1.54, 1.807) is 13.4 Å². The summed E-state index contributed by atoms with van der Waals surface area (Å²) in [6.45, 7) is 0.507. The first-order chi connectivity index (χ1) is 10.8. The lowest BCUT2D eigenvalue weighted by Gasteiger charge is -2.21. The highest BCUT2D eigenvalue weighted by Crippen LogP contribution is 2.29. The average Bonchev–Trinajstić information content (AvgIpc) is 2.48. The number of aliphatic imine (C=N–C) groups is 2. The van der Waals surface area contributed by atoms with Crippen molar-refractivity contribution in [3.63, 3.8) is 0 Å². The number of amidine groups is 1. The highest BCUT2D eigenvalue weighted by Gasteiger charge is 2.12. The van der Waals surface area contributed by atoms with Crippen LogP contribution in [-0.4, -0.2) is 38.2 Å². The topological polar surface area (TPSA) is 147 Å². The summed E-state index contributed by atoms with van der Waals surface area (Å²) in [5.41, 5.74) is 9.52. The molecule has 0 fully saturated rings. The highest BCUT2D eigenvalue weighted by molar-refractivity contribution is 9.11. The van der Waals surface area contributed by atoms with Gasteiger partial charge in [-0.15, -0.1) is 0 Å². The molecule has 0 aromatic heterocycles. The fraction of sp³-hybridized carbons (Fsp3) is 0.167. The van der Waals surface area contributed by atoms with E-state index in [4.69, 9.17) is 19.7 Å². The number of anilines is 1. The Labute approximate surface area is 149 Å². The van der Waals surface area contributed by atoms with Gasteiger partial charge in [0.15, 0.2) is 0 Å². The molecule has 0 unspecified atom stereocenters. The Morgan fingerprint density at radius 1 is 1.43 bits per heavy atom. The zero-order valence-corrected chi connectivity index (χ0v) is 15.2. The predicted molar refractivity (Wildman–Crippen MR) is 94.3 cm³/mol. The normalized spacial score (nSPS) is 11.8. The zero-order chi connectivity index (χ0) is 17.8. The molecule has 9 nitrogen and oxygen atoms in total. The van der Waals surface area contributed by atoms with Gasteiger partial charge in [0.1, 0.15) is 13.0 Å². The molecule has 23 heavy (non-hydrogen) atoms. The van der Waals surface area contributed by atoms with Crippen LogP contribution in [-0.2, 0) is 9.53 Å². The number of rotatable bonds is 1. The second kappa shape index (κ2) is 11.4. The van der Waals surface area contributed by atoms with Gasteiger partial charge in [0.2, 0.25) is 6.08 Å². The van der Waals surface area contributed by atoms with Crippen molar-refractivity contribution >= 4 is 62.0 Å². The largest absolute Gasteiger partial charge is 0.467 e.